The monoisotopic (exact) mass is 470 g/mol. The Morgan fingerprint density at radius 1 is 0.824 bits per heavy atom. The number of carbonyl (C=O) groups excluding carboxylic acids is 1. The lowest BCUT2D eigenvalue weighted by Gasteiger charge is -2.36. The highest BCUT2D eigenvalue weighted by atomic mass is 32.2. The fraction of sp³-hybridized carbons (Fsp3) is 0.231. The van der Waals surface area contributed by atoms with E-state index >= 15 is 0 Å². The first-order valence-corrected chi connectivity index (χ1v) is 12.3. The number of piperazine rings is 1. The smallest absolute Gasteiger partial charge is 0.233 e. The van der Waals surface area contributed by atoms with Gasteiger partial charge in [0.05, 0.1) is 12.3 Å². The average Bonchev–Trinajstić information content (AvgIpc) is 3.31. The molecule has 0 unspecified atom stereocenters. The highest BCUT2D eigenvalue weighted by Crippen LogP contribution is 2.25. The number of carbonyl (C=O) groups is 1. The zero-order valence-corrected chi connectivity index (χ0v) is 19.6. The van der Waals surface area contributed by atoms with Gasteiger partial charge in [-0.05, 0) is 29.8 Å². The van der Waals surface area contributed by atoms with Crippen LogP contribution in [0.15, 0.2) is 90.3 Å². The molecule has 4 aromatic rings. The zero-order valence-electron chi connectivity index (χ0n) is 18.8. The topological polar surface area (TPSA) is 67.2 Å². The lowest BCUT2D eigenvalue weighted by molar-refractivity contribution is -0.128. The molecular formula is C26H26N6OS. The molecule has 0 radical (unpaired) electrons. The normalized spacial score (nSPS) is 13.8. The van der Waals surface area contributed by atoms with Gasteiger partial charge in [-0.1, -0.05) is 60.3 Å². The molecule has 1 fully saturated rings. The molecule has 7 nitrogen and oxygen atoms in total. The van der Waals surface area contributed by atoms with E-state index in [-0.39, 0.29) is 5.91 Å². The molecule has 1 aliphatic heterocycles. The first-order valence-electron chi connectivity index (χ1n) is 11.4. The van der Waals surface area contributed by atoms with Gasteiger partial charge < -0.3 is 9.80 Å². The summed E-state index contributed by atoms with van der Waals surface area (Å²) in [5.74, 6) is 1.25. The summed E-state index contributed by atoms with van der Waals surface area (Å²) in [6.45, 7) is 3.78. The molecule has 0 saturated carbocycles. The van der Waals surface area contributed by atoms with Crippen LogP contribution in [0.3, 0.4) is 0 Å². The van der Waals surface area contributed by atoms with Crippen molar-refractivity contribution in [1.82, 2.24) is 24.6 Å². The van der Waals surface area contributed by atoms with Crippen molar-refractivity contribution < 1.29 is 4.79 Å². The Kier molecular flexibility index (Phi) is 6.86. The second-order valence-corrected chi connectivity index (χ2v) is 9.05. The predicted molar refractivity (Wildman–Crippen MR) is 135 cm³/mol. The van der Waals surface area contributed by atoms with E-state index in [0.29, 0.717) is 12.3 Å². The van der Waals surface area contributed by atoms with E-state index in [9.17, 15) is 4.79 Å². The lowest BCUT2D eigenvalue weighted by atomic mass is 10.2. The van der Waals surface area contributed by atoms with E-state index in [0.717, 1.165) is 48.3 Å². The van der Waals surface area contributed by atoms with Crippen LogP contribution in [0, 0.1) is 0 Å². The van der Waals surface area contributed by atoms with Crippen LogP contribution in [0.4, 0.5) is 5.69 Å². The summed E-state index contributed by atoms with van der Waals surface area (Å²) < 4.78 is 2.08. The maximum atomic E-state index is 13.0. The van der Waals surface area contributed by atoms with Gasteiger partial charge in [-0.15, -0.1) is 10.2 Å². The molecule has 34 heavy (non-hydrogen) atoms. The number of amides is 1. The Labute approximate surface area is 203 Å². The molecule has 0 atom stereocenters. The third kappa shape index (κ3) is 5.12. The third-order valence-corrected chi connectivity index (χ3v) is 6.87. The van der Waals surface area contributed by atoms with Crippen LogP contribution in [0.1, 0.15) is 5.56 Å². The van der Waals surface area contributed by atoms with Gasteiger partial charge in [-0.3, -0.25) is 14.3 Å². The zero-order chi connectivity index (χ0) is 23.2. The Morgan fingerprint density at radius 2 is 1.50 bits per heavy atom. The van der Waals surface area contributed by atoms with Crippen molar-refractivity contribution in [2.24, 2.45) is 0 Å². The van der Waals surface area contributed by atoms with Gasteiger partial charge in [0, 0.05) is 49.8 Å². The molecule has 0 bridgehead atoms. The first-order chi connectivity index (χ1) is 16.8. The van der Waals surface area contributed by atoms with Gasteiger partial charge in [0.1, 0.15) is 0 Å². The molecule has 172 valence electrons. The van der Waals surface area contributed by atoms with Crippen molar-refractivity contribution in [1.29, 1.82) is 0 Å². The largest absolute Gasteiger partial charge is 0.368 e. The Bertz CT molecular complexity index is 1210. The maximum Gasteiger partial charge on any atom is 0.233 e. The molecule has 0 N–H and O–H groups in total. The predicted octanol–water partition coefficient (Wildman–Crippen LogP) is 3.83. The van der Waals surface area contributed by atoms with E-state index in [4.69, 9.17) is 0 Å². The number of para-hydroxylation sites is 1. The fourth-order valence-corrected chi connectivity index (χ4v) is 4.93. The van der Waals surface area contributed by atoms with Crippen molar-refractivity contribution in [3.8, 4) is 11.4 Å². The van der Waals surface area contributed by atoms with Gasteiger partial charge in [-0.2, -0.15) is 0 Å². The van der Waals surface area contributed by atoms with Crippen LogP contribution >= 0.6 is 11.8 Å². The molecule has 3 heterocycles. The van der Waals surface area contributed by atoms with E-state index in [1.54, 1.807) is 12.4 Å². The lowest BCUT2D eigenvalue weighted by Crippen LogP contribution is -2.49. The van der Waals surface area contributed by atoms with Gasteiger partial charge >= 0.3 is 0 Å². The Balaban J connectivity index is 1.26. The second kappa shape index (κ2) is 10.5. The summed E-state index contributed by atoms with van der Waals surface area (Å²) in [5, 5.41) is 9.63. The molecule has 1 amide bonds. The minimum Gasteiger partial charge on any atom is -0.368 e. The highest BCUT2D eigenvalue weighted by Gasteiger charge is 2.23. The molecule has 0 aliphatic carbocycles. The highest BCUT2D eigenvalue weighted by molar-refractivity contribution is 7.99. The van der Waals surface area contributed by atoms with E-state index in [1.165, 1.54) is 17.4 Å². The molecule has 5 rings (SSSR count). The van der Waals surface area contributed by atoms with E-state index < -0.39 is 0 Å². The number of thioether (sulfide) groups is 1. The van der Waals surface area contributed by atoms with Crippen molar-refractivity contribution in [2.75, 3.05) is 36.8 Å². The molecule has 1 aliphatic rings. The molecule has 2 aromatic heterocycles. The summed E-state index contributed by atoms with van der Waals surface area (Å²) in [6, 6.07) is 24.4. The number of benzene rings is 2. The van der Waals surface area contributed by atoms with Crippen molar-refractivity contribution in [3.63, 3.8) is 0 Å². The first kappa shape index (κ1) is 22.2. The van der Waals surface area contributed by atoms with Crippen molar-refractivity contribution >= 4 is 23.4 Å². The standard InChI is InChI=1S/C26H26N6OS/c33-24(31-17-15-30(16-18-31)23-9-5-2-6-10-23)20-34-26-29-28-25(22-11-13-27-14-12-22)32(26)19-21-7-3-1-4-8-21/h1-14H,15-20H2. The van der Waals surface area contributed by atoms with Crippen LogP contribution in [0.2, 0.25) is 0 Å². The number of aromatic nitrogens is 4. The van der Waals surface area contributed by atoms with Crippen LogP contribution < -0.4 is 4.90 Å². The summed E-state index contributed by atoms with van der Waals surface area (Å²) in [7, 11) is 0. The molecule has 2 aromatic carbocycles. The molecular weight excluding hydrogens is 444 g/mol. The molecule has 1 saturated heterocycles. The third-order valence-electron chi connectivity index (χ3n) is 5.92. The van der Waals surface area contributed by atoms with E-state index in [1.807, 2.05) is 41.3 Å². The minimum absolute atomic E-state index is 0.137. The molecule has 8 heteroatoms. The van der Waals surface area contributed by atoms with Crippen LogP contribution in [-0.2, 0) is 11.3 Å². The number of hydrogen-bond acceptors (Lipinski definition) is 6. The Hall–Kier alpha value is -3.65. The maximum absolute atomic E-state index is 13.0. The van der Waals surface area contributed by atoms with Crippen LogP contribution in [-0.4, -0.2) is 62.5 Å². The van der Waals surface area contributed by atoms with Crippen LogP contribution in [0.25, 0.3) is 11.4 Å². The van der Waals surface area contributed by atoms with Crippen molar-refractivity contribution in [2.45, 2.75) is 11.7 Å². The SMILES string of the molecule is O=C(CSc1nnc(-c2ccncc2)n1Cc1ccccc1)N1CCN(c2ccccc2)CC1. The number of hydrogen-bond donors (Lipinski definition) is 0. The number of rotatable bonds is 7. The number of pyridine rings is 1. The summed E-state index contributed by atoms with van der Waals surface area (Å²) >= 11 is 1.45. The second-order valence-electron chi connectivity index (χ2n) is 8.11. The van der Waals surface area contributed by atoms with Crippen molar-refractivity contribution in [3.05, 3.63) is 90.8 Å². The van der Waals surface area contributed by atoms with Gasteiger partial charge in [-0.25, -0.2) is 0 Å². The number of nitrogens with zero attached hydrogens (tertiary/aromatic N) is 6. The van der Waals surface area contributed by atoms with Gasteiger partial charge in [0.2, 0.25) is 5.91 Å². The minimum atomic E-state index is 0.137. The fourth-order valence-electron chi connectivity index (χ4n) is 4.09. The summed E-state index contributed by atoms with van der Waals surface area (Å²) in [4.78, 5) is 21.4. The Morgan fingerprint density at radius 3 is 2.21 bits per heavy atom. The molecule has 0 spiro atoms. The van der Waals surface area contributed by atoms with Gasteiger partial charge in [0.25, 0.3) is 0 Å². The number of anilines is 1. The quantitative estimate of drug-likeness (QED) is 0.383. The van der Waals surface area contributed by atoms with Gasteiger partial charge in [0.15, 0.2) is 11.0 Å². The van der Waals surface area contributed by atoms with E-state index in [2.05, 4.69) is 61.0 Å². The summed E-state index contributed by atoms with van der Waals surface area (Å²) in [6.07, 6.45) is 3.50. The summed E-state index contributed by atoms with van der Waals surface area (Å²) in [5.41, 5.74) is 3.32. The van der Waals surface area contributed by atoms with Crippen LogP contribution in [0.5, 0.6) is 0 Å². The average molecular weight is 471 g/mol.